The van der Waals surface area contributed by atoms with E-state index in [-0.39, 0.29) is 12.5 Å². The van der Waals surface area contributed by atoms with Crippen LogP contribution in [0.1, 0.15) is 22.6 Å². The Bertz CT molecular complexity index is 1250. The molecule has 0 spiro atoms. The summed E-state index contributed by atoms with van der Waals surface area (Å²) in [5.74, 6) is 6.06. The van der Waals surface area contributed by atoms with Gasteiger partial charge in [0.2, 0.25) is 0 Å². The van der Waals surface area contributed by atoms with Gasteiger partial charge in [-0.3, -0.25) is 5.10 Å². The zero-order chi connectivity index (χ0) is 21.8. The highest BCUT2D eigenvalue weighted by Crippen LogP contribution is 2.44. The van der Waals surface area contributed by atoms with Crippen LogP contribution in [0.3, 0.4) is 0 Å². The average molecular weight is 419 g/mol. The summed E-state index contributed by atoms with van der Waals surface area (Å²) >= 11 is 0. The van der Waals surface area contributed by atoms with Crippen molar-refractivity contribution in [3.8, 4) is 34.2 Å². The van der Waals surface area contributed by atoms with Crippen molar-refractivity contribution >= 4 is 6.09 Å². The number of carbonyl (C=O) groups is 1. The van der Waals surface area contributed by atoms with E-state index in [4.69, 9.17) is 4.74 Å². The molecule has 0 atom stereocenters. The standard InChI is InChI=1S/C27H21N3O2/c31-27(28-16-5-6-19-11-13-20(14-12-19)26-15-17-29-30-26)32-18-25-23-9-3-1-7-21(23)22-8-2-4-10-24(22)25/h1-4,7-15,17,25H,16,18H2,(H,28,31)(H,29,30). The predicted molar refractivity (Wildman–Crippen MR) is 124 cm³/mol. The highest BCUT2D eigenvalue weighted by atomic mass is 16.5. The number of fused-ring (bicyclic) bond motifs is 3. The van der Waals surface area contributed by atoms with E-state index >= 15 is 0 Å². The van der Waals surface area contributed by atoms with Crippen LogP contribution in [-0.2, 0) is 4.74 Å². The predicted octanol–water partition coefficient (Wildman–Crippen LogP) is 4.97. The maximum absolute atomic E-state index is 12.2. The van der Waals surface area contributed by atoms with Crippen LogP contribution in [0.25, 0.3) is 22.4 Å². The molecule has 0 aliphatic heterocycles. The van der Waals surface area contributed by atoms with Crippen LogP contribution in [0.4, 0.5) is 4.79 Å². The van der Waals surface area contributed by atoms with E-state index in [1.165, 1.54) is 22.3 Å². The van der Waals surface area contributed by atoms with Gasteiger partial charge >= 0.3 is 6.09 Å². The Kier molecular flexibility index (Phi) is 5.42. The van der Waals surface area contributed by atoms with Crippen molar-refractivity contribution < 1.29 is 9.53 Å². The smallest absolute Gasteiger partial charge is 0.407 e. The van der Waals surface area contributed by atoms with Gasteiger partial charge in [0.25, 0.3) is 0 Å². The molecule has 5 heteroatoms. The molecule has 0 unspecified atom stereocenters. The molecular formula is C27H21N3O2. The topological polar surface area (TPSA) is 67.0 Å². The van der Waals surface area contributed by atoms with E-state index in [2.05, 4.69) is 51.6 Å². The van der Waals surface area contributed by atoms with Gasteiger partial charge in [-0.1, -0.05) is 72.5 Å². The van der Waals surface area contributed by atoms with Crippen molar-refractivity contribution in [1.29, 1.82) is 0 Å². The van der Waals surface area contributed by atoms with Crippen LogP contribution in [0.5, 0.6) is 0 Å². The lowest BCUT2D eigenvalue weighted by Gasteiger charge is -2.14. The molecule has 5 rings (SSSR count). The van der Waals surface area contributed by atoms with Crippen LogP contribution in [-0.4, -0.2) is 29.4 Å². The molecule has 5 nitrogen and oxygen atoms in total. The first-order chi connectivity index (χ1) is 15.8. The van der Waals surface area contributed by atoms with Crippen molar-refractivity contribution in [2.45, 2.75) is 5.92 Å². The average Bonchev–Trinajstić information content (AvgIpc) is 3.48. The first kappa shape index (κ1) is 19.7. The summed E-state index contributed by atoms with van der Waals surface area (Å²) in [7, 11) is 0. The molecule has 1 heterocycles. The number of aromatic amines is 1. The van der Waals surface area contributed by atoms with Gasteiger partial charge in [-0.25, -0.2) is 4.79 Å². The quantitative estimate of drug-likeness (QED) is 0.459. The maximum atomic E-state index is 12.2. The Morgan fingerprint density at radius 2 is 1.62 bits per heavy atom. The summed E-state index contributed by atoms with van der Waals surface area (Å²) in [5.41, 5.74) is 7.69. The Labute approximate surface area is 186 Å². The molecule has 1 aliphatic carbocycles. The number of H-pyrrole nitrogens is 1. The van der Waals surface area contributed by atoms with Crippen LogP contribution in [0.2, 0.25) is 0 Å². The van der Waals surface area contributed by atoms with Gasteiger partial charge in [-0.05, 0) is 46.0 Å². The third kappa shape index (κ3) is 3.99. The molecule has 4 aromatic rings. The molecule has 0 saturated carbocycles. The fraction of sp³-hybridized carbons (Fsp3) is 0.111. The van der Waals surface area contributed by atoms with Gasteiger partial charge in [0.1, 0.15) is 6.61 Å². The summed E-state index contributed by atoms with van der Waals surface area (Å²) in [6.07, 6.45) is 1.26. The molecule has 1 aliphatic rings. The van der Waals surface area contributed by atoms with Crippen molar-refractivity contribution in [2.75, 3.05) is 13.2 Å². The molecule has 0 fully saturated rings. The molecule has 156 valence electrons. The minimum Gasteiger partial charge on any atom is -0.449 e. The maximum Gasteiger partial charge on any atom is 0.407 e. The Morgan fingerprint density at radius 3 is 2.28 bits per heavy atom. The van der Waals surface area contributed by atoms with E-state index in [9.17, 15) is 4.79 Å². The number of hydrogen-bond acceptors (Lipinski definition) is 3. The van der Waals surface area contributed by atoms with Crippen LogP contribution in [0, 0.1) is 11.8 Å². The molecule has 3 aromatic carbocycles. The molecule has 2 N–H and O–H groups in total. The van der Waals surface area contributed by atoms with E-state index in [0.29, 0.717) is 6.61 Å². The monoisotopic (exact) mass is 419 g/mol. The molecule has 32 heavy (non-hydrogen) atoms. The van der Waals surface area contributed by atoms with Gasteiger partial charge in [0.15, 0.2) is 0 Å². The molecule has 1 aromatic heterocycles. The molecule has 1 amide bonds. The number of nitrogens with one attached hydrogen (secondary N) is 2. The molecule has 0 saturated heterocycles. The Hall–Kier alpha value is -4.30. The largest absolute Gasteiger partial charge is 0.449 e. The third-order valence-corrected chi connectivity index (χ3v) is 5.59. The molecule has 0 radical (unpaired) electrons. The second-order valence-electron chi connectivity index (χ2n) is 7.53. The van der Waals surface area contributed by atoms with Crippen LogP contribution in [0.15, 0.2) is 85.1 Å². The third-order valence-electron chi connectivity index (χ3n) is 5.59. The zero-order valence-corrected chi connectivity index (χ0v) is 17.3. The summed E-state index contributed by atoms with van der Waals surface area (Å²) < 4.78 is 5.52. The highest BCUT2D eigenvalue weighted by Gasteiger charge is 2.28. The van der Waals surface area contributed by atoms with Crippen molar-refractivity contribution in [3.63, 3.8) is 0 Å². The lowest BCUT2D eigenvalue weighted by atomic mass is 9.98. The van der Waals surface area contributed by atoms with E-state index in [1.54, 1.807) is 6.20 Å². The minimum atomic E-state index is -0.462. The number of ether oxygens (including phenoxy) is 1. The number of aromatic nitrogens is 2. The SMILES string of the molecule is O=C(NCC#Cc1ccc(-c2ccn[nH]2)cc1)OCC1c2ccccc2-c2ccccc21. The molecular weight excluding hydrogens is 398 g/mol. The van der Waals surface area contributed by atoms with Crippen LogP contribution >= 0.6 is 0 Å². The fourth-order valence-corrected chi connectivity index (χ4v) is 4.06. The zero-order valence-electron chi connectivity index (χ0n) is 17.3. The van der Waals surface area contributed by atoms with Crippen LogP contribution < -0.4 is 5.32 Å². The van der Waals surface area contributed by atoms with E-state index in [0.717, 1.165) is 16.8 Å². The number of benzene rings is 3. The minimum absolute atomic E-state index is 0.0487. The number of alkyl carbamates (subject to hydrolysis) is 1. The van der Waals surface area contributed by atoms with Gasteiger partial charge in [-0.2, -0.15) is 5.10 Å². The highest BCUT2D eigenvalue weighted by molar-refractivity contribution is 5.79. The molecule has 0 bridgehead atoms. The number of rotatable bonds is 4. The van der Waals surface area contributed by atoms with Crippen molar-refractivity contribution in [1.82, 2.24) is 15.5 Å². The summed E-state index contributed by atoms with van der Waals surface area (Å²) in [6.45, 7) is 0.515. The summed E-state index contributed by atoms with van der Waals surface area (Å²) in [4.78, 5) is 12.2. The summed E-state index contributed by atoms with van der Waals surface area (Å²) in [6, 6.07) is 26.3. The lowest BCUT2D eigenvalue weighted by molar-refractivity contribution is 0.144. The van der Waals surface area contributed by atoms with E-state index in [1.807, 2.05) is 54.6 Å². The number of hydrogen-bond donors (Lipinski definition) is 2. The second-order valence-corrected chi connectivity index (χ2v) is 7.53. The van der Waals surface area contributed by atoms with Gasteiger partial charge in [0.05, 0.1) is 12.2 Å². The number of carbonyl (C=O) groups excluding carboxylic acids is 1. The number of amides is 1. The summed E-state index contributed by atoms with van der Waals surface area (Å²) in [5, 5.41) is 9.60. The normalized spacial score (nSPS) is 11.8. The van der Waals surface area contributed by atoms with E-state index < -0.39 is 6.09 Å². The first-order valence-corrected chi connectivity index (χ1v) is 10.5. The van der Waals surface area contributed by atoms with Crippen molar-refractivity contribution in [2.24, 2.45) is 0 Å². The van der Waals surface area contributed by atoms with Gasteiger partial charge in [0, 0.05) is 17.7 Å². The second kappa shape index (κ2) is 8.83. The van der Waals surface area contributed by atoms with Gasteiger partial charge < -0.3 is 10.1 Å². The lowest BCUT2D eigenvalue weighted by Crippen LogP contribution is -2.26. The Balaban J connectivity index is 1.15. The van der Waals surface area contributed by atoms with Gasteiger partial charge in [-0.15, -0.1) is 0 Å². The number of nitrogens with zero attached hydrogens (tertiary/aromatic N) is 1. The Morgan fingerprint density at radius 1 is 0.938 bits per heavy atom. The van der Waals surface area contributed by atoms with Crippen molar-refractivity contribution in [3.05, 3.63) is 102 Å². The first-order valence-electron chi connectivity index (χ1n) is 10.5. The fourth-order valence-electron chi connectivity index (χ4n) is 4.06.